The van der Waals surface area contributed by atoms with Gasteiger partial charge in [-0.2, -0.15) is 25.0 Å². The van der Waals surface area contributed by atoms with Crippen LogP contribution in [0.5, 0.6) is 0 Å². The number of hydrogen-bond donors (Lipinski definition) is 0. The van der Waals surface area contributed by atoms with Crippen molar-refractivity contribution in [2.75, 3.05) is 18.0 Å². The second-order valence-electron chi connectivity index (χ2n) is 9.79. The molecule has 0 N–H and O–H groups in total. The smallest absolute Gasteiger partial charge is 0.335 e. The van der Waals surface area contributed by atoms with E-state index < -0.39 is 0 Å². The minimum absolute atomic E-state index is 0.113. The van der Waals surface area contributed by atoms with E-state index in [1.165, 1.54) is 4.57 Å². The van der Waals surface area contributed by atoms with Crippen molar-refractivity contribution in [3.05, 3.63) is 52.0 Å². The average Bonchev–Trinajstić information content (AvgIpc) is 3.53. The van der Waals surface area contributed by atoms with Crippen LogP contribution in [0.4, 0.5) is 5.95 Å². The third-order valence-corrected chi connectivity index (χ3v) is 7.63. The minimum atomic E-state index is -0.325. The first-order valence-corrected chi connectivity index (χ1v) is 13.1. The maximum Gasteiger partial charge on any atom is 0.352 e. The number of nitriles is 1. The van der Waals surface area contributed by atoms with Crippen molar-refractivity contribution in [2.24, 2.45) is 7.05 Å². The highest BCUT2D eigenvalue weighted by atomic mass is 16.1. The van der Waals surface area contributed by atoms with Crippen molar-refractivity contribution in [1.82, 2.24) is 38.7 Å². The van der Waals surface area contributed by atoms with Gasteiger partial charge in [-0.05, 0) is 38.3 Å². The predicted octanol–water partition coefficient (Wildman–Crippen LogP) is 2.54. The number of hydrogen-bond acceptors (Lipinski definition) is 8. The molecule has 0 aromatic carbocycles. The molecule has 1 saturated heterocycles. The monoisotopic (exact) mass is 502 g/mol. The summed E-state index contributed by atoms with van der Waals surface area (Å²) in [6.45, 7) is 10.2. The van der Waals surface area contributed by atoms with Crippen LogP contribution < -0.4 is 10.6 Å². The van der Waals surface area contributed by atoms with E-state index in [1.54, 1.807) is 17.6 Å². The van der Waals surface area contributed by atoms with Gasteiger partial charge in [0.05, 0.1) is 41.8 Å². The number of anilines is 1. The van der Waals surface area contributed by atoms with E-state index >= 15 is 0 Å². The molecule has 194 valence electrons. The highest BCUT2D eigenvalue weighted by Gasteiger charge is 2.37. The van der Waals surface area contributed by atoms with Crippen LogP contribution >= 0.6 is 0 Å². The van der Waals surface area contributed by atoms with Gasteiger partial charge in [-0.25, -0.2) is 14.3 Å². The molecule has 0 bridgehead atoms. The Kier molecular flexibility index (Phi) is 6.69. The SMILES string of the molecule is CCc1cn2nc([C@H](C)N3C[C@H](CC)N(c4nc(=O)n(C)c5cc(CC#N)nn45)C[C@H]3CC)ccc2n1. The lowest BCUT2D eigenvalue weighted by molar-refractivity contribution is 0.0973. The summed E-state index contributed by atoms with van der Waals surface area (Å²) in [5.41, 5.74) is 3.86. The standard InChI is InChI=1S/C26H34N10O/c1-6-18-14-35-23(28-18)10-9-22(31-35)17(4)33-15-21(8-3)34(16-20(33)7-2)25-29-26(37)32(5)24-13-19(11-12-27)30-36(24)25/h9-10,13-14,17,20-21H,6-8,11,15-16H2,1-5H3/t17-,20+,21-/m0/s1. The summed E-state index contributed by atoms with van der Waals surface area (Å²) < 4.78 is 5.09. The molecule has 1 aliphatic rings. The number of piperazine rings is 1. The van der Waals surface area contributed by atoms with E-state index in [1.807, 2.05) is 16.8 Å². The molecule has 0 radical (unpaired) electrons. The minimum Gasteiger partial charge on any atom is -0.335 e. The summed E-state index contributed by atoms with van der Waals surface area (Å²) in [5.74, 6) is 0.546. The van der Waals surface area contributed by atoms with Gasteiger partial charge in [0.2, 0.25) is 5.95 Å². The molecule has 0 spiro atoms. The van der Waals surface area contributed by atoms with Crippen molar-refractivity contribution in [3.8, 4) is 6.07 Å². The number of fused-ring (bicyclic) bond motifs is 2. The van der Waals surface area contributed by atoms with Gasteiger partial charge in [-0.3, -0.25) is 9.47 Å². The molecule has 4 aromatic heterocycles. The third-order valence-electron chi connectivity index (χ3n) is 7.63. The Morgan fingerprint density at radius 2 is 1.86 bits per heavy atom. The molecular formula is C26H34N10O. The molecule has 0 unspecified atom stereocenters. The fraction of sp³-hybridized carbons (Fsp3) is 0.538. The Labute approximate surface area is 216 Å². The summed E-state index contributed by atoms with van der Waals surface area (Å²) in [6.07, 6.45) is 4.90. The molecule has 4 aromatic rings. The van der Waals surface area contributed by atoms with E-state index in [2.05, 4.69) is 64.7 Å². The largest absolute Gasteiger partial charge is 0.352 e. The molecule has 3 atom stereocenters. The van der Waals surface area contributed by atoms with Crippen LogP contribution in [0.2, 0.25) is 0 Å². The lowest BCUT2D eigenvalue weighted by atomic mass is 9.99. The van der Waals surface area contributed by atoms with Gasteiger partial charge >= 0.3 is 5.69 Å². The van der Waals surface area contributed by atoms with E-state index in [9.17, 15) is 10.1 Å². The average molecular weight is 503 g/mol. The van der Waals surface area contributed by atoms with Crippen LogP contribution in [0.3, 0.4) is 0 Å². The summed E-state index contributed by atoms with van der Waals surface area (Å²) >= 11 is 0. The zero-order valence-electron chi connectivity index (χ0n) is 22.2. The lowest BCUT2D eigenvalue weighted by Crippen LogP contribution is -2.59. The fourth-order valence-electron chi connectivity index (χ4n) is 5.38. The zero-order valence-corrected chi connectivity index (χ0v) is 22.2. The van der Waals surface area contributed by atoms with Gasteiger partial charge in [-0.15, -0.1) is 0 Å². The number of aromatic nitrogens is 7. The van der Waals surface area contributed by atoms with Crippen molar-refractivity contribution in [2.45, 2.75) is 71.5 Å². The van der Waals surface area contributed by atoms with Gasteiger partial charge in [0, 0.05) is 38.3 Å². The normalized spacial score (nSPS) is 19.5. The number of nitrogens with zero attached hydrogens (tertiary/aromatic N) is 10. The molecule has 11 heteroatoms. The Balaban J connectivity index is 1.49. The molecule has 5 rings (SSSR count). The first kappa shape index (κ1) is 24.9. The van der Waals surface area contributed by atoms with Gasteiger partial charge in [0.1, 0.15) is 5.65 Å². The van der Waals surface area contributed by atoms with Crippen LogP contribution in [0.1, 0.15) is 63.7 Å². The number of aryl methyl sites for hydroxylation is 2. The van der Waals surface area contributed by atoms with Crippen molar-refractivity contribution in [1.29, 1.82) is 5.26 Å². The predicted molar refractivity (Wildman–Crippen MR) is 141 cm³/mol. The summed E-state index contributed by atoms with van der Waals surface area (Å²) in [5, 5.41) is 18.7. The van der Waals surface area contributed by atoms with Crippen molar-refractivity contribution < 1.29 is 0 Å². The van der Waals surface area contributed by atoms with Crippen LogP contribution in [0.25, 0.3) is 11.3 Å². The van der Waals surface area contributed by atoms with Gasteiger partial charge in [-0.1, -0.05) is 20.8 Å². The van der Waals surface area contributed by atoms with Crippen molar-refractivity contribution in [3.63, 3.8) is 0 Å². The molecule has 5 heterocycles. The van der Waals surface area contributed by atoms with Gasteiger partial charge < -0.3 is 4.90 Å². The topological polar surface area (TPSA) is 113 Å². The van der Waals surface area contributed by atoms with Gasteiger partial charge in [0.15, 0.2) is 5.65 Å². The van der Waals surface area contributed by atoms with E-state index in [0.717, 1.165) is 49.4 Å². The third kappa shape index (κ3) is 4.35. The first-order valence-electron chi connectivity index (χ1n) is 13.1. The highest BCUT2D eigenvalue weighted by Crippen LogP contribution is 2.31. The second-order valence-corrected chi connectivity index (χ2v) is 9.79. The van der Waals surface area contributed by atoms with E-state index in [4.69, 9.17) is 5.10 Å². The van der Waals surface area contributed by atoms with Crippen LogP contribution in [0.15, 0.2) is 29.2 Å². The lowest BCUT2D eigenvalue weighted by Gasteiger charge is -2.48. The fourth-order valence-corrected chi connectivity index (χ4v) is 5.38. The van der Waals surface area contributed by atoms with Crippen LogP contribution in [0, 0.1) is 11.3 Å². The first-order chi connectivity index (χ1) is 17.9. The molecule has 11 nitrogen and oxygen atoms in total. The number of rotatable bonds is 7. The van der Waals surface area contributed by atoms with Crippen LogP contribution in [-0.4, -0.2) is 63.8 Å². The molecule has 0 amide bonds. The zero-order chi connectivity index (χ0) is 26.3. The Bertz CT molecular complexity index is 1530. The quantitative estimate of drug-likeness (QED) is 0.379. The highest BCUT2D eigenvalue weighted by molar-refractivity contribution is 5.48. The molecule has 0 saturated carbocycles. The maximum absolute atomic E-state index is 12.8. The second kappa shape index (κ2) is 9.94. The Morgan fingerprint density at radius 3 is 2.57 bits per heavy atom. The summed E-state index contributed by atoms with van der Waals surface area (Å²) in [4.78, 5) is 26.6. The van der Waals surface area contributed by atoms with Crippen LogP contribution in [-0.2, 0) is 19.9 Å². The van der Waals surface area contributed by atoms with Crippen molar-refractivity contribution >= 4 is 17.2 Å². The molecular weight excluding hydrogens is 468 g/mol. The number of imidazole rings is 1. The molecule has 1 aliphatic heterocycles. The summed E-state index contributed by atoms with van der Waals surface area (Å²) in [6, 6.07) is 8.56. The van der Waals surface area contributed by atoms with E-state index in [-0.39, 0.29) is 30.2 Å². The Morgan fingerprint density at radius 1 is 1.08 bits per heavy atom. The summed E-state index contributed by atoms with van der Waals surface area (Å²) in [7, 11) is 1.69. The Hall–Kier alpha value is -3.78. The van der Waals surface area contributed by atoms with Gasteiger partial charge in [0.25, 0.3) is 0 Å². The molecule has 37 heavy (non-hydrogen) atoms. The van der Waals surface area contributed by atoms with E-state index in [0.29, 0.717) is 17.3 Å². The molecule has 0 aliphatic carbocycles. The maximum atomic E-state index is 12.8. The molecule has 1 fully saturated rings.